The second-order valence-electron chi connectivity index (χ2n) is 7.95. The predicted octanol–water partition coefficient (Wildman–Crippen LogP) is 6.59. The summed E-state index contributed by atoms with van der Waals surface area (Å²) in [7, 11) is 0. The fourth-order valence-electron chi connectivity index (χ4n) is 3.87. The van der Waals surface area contributed by atoms with Crippen LogP contribution in [0.5, 0.6) is 5.75 Å². The van der Waals surface area contributed by atoms with Gasteiger partial charge in [-0.2, -0.15) is 5.10 Å². The van der Waals surface area contributed by atoms with Gasteiger partial charge in [0, 0.05) is 22.1 Å². The first-order chi connectivity index (χ1) is 16.2. The quantitative estimate of drug-likeness (QED) is 0.346. The first-order valence-electron chi connectivity index (χ1n) is 11.2. The normalized spacial score (nSPS) is 12.9. The van der Waals surface area contributed by atoms with Crippen LogP contribution in [0.1, 0.15) is 36.5 Å². The van der Waals surface area contributed by atoms with Crippen molar-refractivity contribution in [3.63, 3.8) is 0 Å². The molecule has 0 saturated carbocycles. The molecule has 0 unspecified atom stereocenters. The number of halogens is 1. The van der Waals surface area contributed by atoms with E-state index in [0.717, 1.165) is 57.5 Å². The second kappa shape index (κ2) is 9.25. The molecule has 0 fully saturated rings. The van der Waals surface area contributed by atoms with Crippen LogP contribution in [0.4, 0.5) is 10.1 Å². The Bertz CT molecular complexity index is 1340. The van der Waals surface area contributed by atoms with Gasteiger partial charge in [-0.25, -0.2) is 9.38 Å². The van der Waals surface area contributed by atoms with Gasteiger partial charge < -0.3 is 4.74 Å². The van der Waals surface area contributed by atoms with Gasteiger partial charge in [-0.05, 0) is 66.4 Å². The number of aliphatic imine (C=N–C) groups is 1. The molecule has 164 valence electrons. The van der Waals surface area contributed by atoms with E-state index in [1.165, 1.54) is 12.1 Å². The number of hydrogen-bond donors (Lipinski definition) is 1. The fourth-order valence-corrected chi connectivity index (χ4v) is 3.87. The minimum Gasteiger partial charge on any atom is -0.494 e. The van der Waals surface area contributed by atoms with Gasteiger partial charge in [0.05, 0.1) is 12.3 Å². The molecule has 0 amide bonds. The second-order valence-corrected chi connectivity index (χ2v) is 7.95. The molecule has 5 heteroatoms. The summed E-state index contributed by atoms with van der Waals surface area (Å²) in [5.74, 6) is 1.13. The molecule has 33 heavy (non-hydrogen) atoms. The summed E-state index contributed by atoms with van der Waals surface area (Å²) in [4.78, 5) is 4.95. The summed E-state index contributed by atoms with van der Waals surface area (Å²) in [5.41, 5.74) is 7.39. The first kappa shape index (κ1) is 20.9. The van der Waals surface area contributed by atoms with Crippen molar-refractivity contribution in [1.29, 1.82) is 0 Å². The summed E-state index contributed by atoms with van der Waals surface area (Å²) in [6.07, 6.45) is 2.13. The highest BCUT2D eigenvalue weighted by Gasteiger charge is 2.19. The van der Waals surface area contributed by atoms with Crippen LogP contribution >= 0.6 is 0 Å². The molecule has 0 saturated heterocycles. The lowest BCUT2D eigenvalue weighted by Crippen LogP contribution is -2.19. The molecule has 1 aliphatic rings. The van der Waals surface area contributed by atoms with Crippen LogP contribution in [-0.4, -0.2) is 18.2 Å². The SMILES string of the molecule is CCCCOc1ccc(C2=NNC(c3ccc(F)cc3)=Nc3c2ccc2ccccc32)cc1. The van der Waals surface area contributed by atoms with Crippen LogP contribution in [0.25, 0.3) is 10.8 Å². The van der Waals surface area contributed by atoms with E-state index in [-0.39, 0.29) is 5.82 Å². The molecule has 4 aromatic carbocycles. The highest BCUT2D eigenvalue weighted by Crippen LogP contribution is 2.34. The smallest absolute Gasteiger partial charge is 0.154 e. The molecule has 0 atom stereocenters. The Kier molecular flexibility index (Phi) is 5.85. The van der Waals surface area contributed by atoms with Crippen LogP contribution in [0.3, 0.4) is 0 Å². The lowest BCUT2D eigenvalue weighted by molar-refractivity contribution is 0.309. The maximum Gasteiger partial charge on any atom is 0.154 e. The van der Waals surface area contributed by atoms with Gasteiger partial charge in [-0.1, -0.05) is 43.7 Å². The lowest BCUT2D eigenvalue weighted by atomic mass is 9.97. The van der Waals surface area contributed by atoms with Gasteiger partial charge in [0.15, 0.2) is 5.84 Å². The fraction of sp³-hybridized carbons (Fsp3) is 0.143. The number of amidine groups is 1. The van der Waals surface area contributed by atoms with Crippen molar-refractivity contribution >= 4 is 28.0 Å². The van der Waals surface area contributed by atoms with E-state index in [4.69, 9.17) is 14.8 Å². The Morgan fingerprint density at radius 3 is 2.39 bits per heavy atom. The molecule has 5 rings (SSSR count). The molecule has 1 N–H and O–H groups in total. The van der Waals surface area contributed by atoms with Crippen molar-refractivity contribution in [2.45, 2.75) is 19.8 Å². The monoisotopic (exact) mass is 437 g/mol. The average molecular weight is 438 g/mol. The van der Waals surface area contributed by atoms with Gasteiger partial charge in [0.25, 0.3) is 0 Å². The zero-order chi connectivity index (χ0) is 22.6. The molecule has 0 radical (unpaired) electrons. The minimum atomic E-state index is -0.288. The van der Waals surface area contributed by atoms with Crippen molar-refractivity contribution < 1.29 is 9.13 Å². The predicted molar refractivity (Wildman–Crippen MR) is 132 cm³/mol. The van der Waals surface area contributed by atoms with E-state index in [1.807, 2.05) is 36.4 Å². The third-order valence-electron chi connectivity index (χ3n) is 5.66. The van der Waals surface area contributed by atoms with Gasteiger partial charge in [-0.3, -0.25) is 5.43 Å². The van der Waals surface area contributed by atoms with Gasteiger partial charge in [0.1, 0.15) is 17.3 Å². The molecule has 1 heterocycles. The highest BCUT2D eigenvalue weighted by molar-refractivity contribution is 6.21. The third-order valence-corrected chi connectivity index (χ3v) is 5.66. The summed E-state index contributed by atoms with van der Waals surface area (Å²) >= 11 is 0. The standard InChI is InChI=1S/C28H24FN3O/c1-2-3-18-33-23-15-10-20(11-16-23)26-25-17-12-19-6-4-5-7-24(19)27(25)30-28(32-31-26)21-8-13-22(29)14-9-21/h4-17H,2-3,18H2,1H3,(H,30,32). The largest absolute Gasteiger partial charge is 0.494 e. The number of ether oxygens (including phenoxy) is 1. The third kappa shape index (κ3) is 4.35. The van der Waals surface area contributed by atoms with Gasteiger partial charge in [0.2, 0.25) is 0 Å². The van der Waals surface area contributed by atoms with E-state index in [1.54, 1.807) is 12.1 Å². The zero-order valence-electron chi connectivity index (χ0n) is 18.4. The lowest BCUT2D eigenvalue weighted by Gasteiger charge is -2.11. The van der Waals surface area contributed by atoms with E-state index in [2.05, 4.69) is 36.6 Å². The maximum absolute atomic E-state index is 13.5. The Balaban J connectivity index is 1.60. The topological polar surface area (TPSA) is 46.0 Å². The van der Waals surface area contributed by atoms with E-state index in [0.29, 0.717) is 12.4 Å². The van der Waals surface area contributed by atoms with Crippen molar-refractivity contribution in [3.05, 3.63) is 107 Å². The average Bonchev–Trinajstić information content (AvgIpc) is 3.05. The number of fused-ring (bicyclic) bond motifs is 3. The Morgan fingerprint density at radius 1 is 0.848 bits per heavy atom. The minimum absolute atomic E-state index is 0.288. The van der Waals surface area contributed by atoms with Crippen LogP contribution in [0.2, 0.25) is 0 Å². The van der Waals surface area contributed by atoms with Crippen molar-refractivity contribution in [2.24, 2.45) is 10.1 Å². The molecule has 0 aliphatic carbocycles. The van der Waals surface area contributed by atoms with E-state index >= 15 is 0 Å². The molecule has 0 bridgehead atoms. The number of hydrogen-bond acceptors (Lipinski definition) is 4. The number of hydrazone groups is 1. The molecular weight excluding hydrogens is 413 g/mol. The number of rotatable bonds is 6. The molecule has 4 aromatic rings. The van der Waals surface area contributed by atoms with Crippen molar-refractivity contribution in [3.8, 4) is 5.75 Å². The van der Waals surface area contributed by atoms with Crippen LogP contribution in [0.15, 0.2) is 95.0 Å². The Labute approximate surface area is 192 Å². The molecule has 0 spiro atoms. The number of unbranched alkanes of at least 4 members (excludes halogenated alkanes) is 1. The van der Waals surface area contributed by atoms with Gasteiger partial charge >= 0.3 is 0 Å². The summed E-state index contributed by atoms with van der Waals surface area (Å²) in [6, 6.07) is 26.5. The van der Waals surface area contributed by atoms with Crippen LogP contribution in [-0.2, 0) is 0 Å². The van der Waals surface area contributed by atoms with Crippen LogP contribution in [0, 0.1) is 5.82 Å². The van der Waals surface area contributed by atoms with E-state index < -0.39 is 0 Å². The summed E-state index contributed by atoms with van der Waals surface area (Å²) in [5, 5.41) is 6.86. The summed E-state index contributed by atoms with van der Waals surface area (Å²) in [6.45, 7) is 2.86. The highest BCUT2D eigenvalue weighted by atomic mass is 19.1. The van der Waals surface area contributed by atoms with Crippen LogP contribution < -0.4 is 10.2 Å². The van der Waals surface area contributed by atoms with Crippen molar-refractivity contribution in [2.75, 3.05) is 6.61 Å². The van der Waals surface area contributed by atoms with E-state index in [9.17, 15) is 4.39 Å². The molecular formula is C28H24FN3O. The summed E-state index contributed by atoms with van der Waals surface area (Å²) < 4.78 is 19.3. The Hall–Kier alpha value is -3.99. The molecule has 0 aromatic heterocycles. The molecule has 1 aliphatic heterocycles. The maximum atomic E-state index is 13.5. The first-order valence-corrected chi connectivity index (χ1v) is 11.2. The Morgan fingerprint density at radius 2 is 1.61 bits per heavy atom. The number of nitrogens with zero attached hydrogens (tertiary/aromatic N) is 2. The number of nitrogens with one attached hydrogen (secondary N) is 1. The number of benzene rings is 4. The zero-order valence-corrected chi connectivity index (χ0v) is 18.4. The van der Waals surface area contributed by atoms with Crippen molar-refractivity contribution in [1.82, 2.24) is 5.43 Å². The van der Waals surface area contributed by atoms with Gasteiger partial charge in [-0.15, -0.1) is 0 Å². The molecule has 4 nitrogen and oxygen atoms in total.